The van der Waals surface area contributed by atoms with Gasteiger partial charge in [0.05, 0.1) is 12.8 Å². The van der Waals surface area contributed by atoms with Crippen molar-refractivity contribution in [3.8, 4) is 5.75 Å². The van der Waals surface area contributed by atoms with Crippen molar-refractivity contribution < 1.29 is 4.74 Å². The molecule has 0 aromatic heterocycles. The van der Waals surface area contributed by atoms with Gasteiger partial charge in [0.2, 0.25) is 0 Å². The van der Waals surface area contributed by atoms with Gasteiger partial charge in [-0.15, -0.1) is 0 Å². The molecule has 2 bridgehead atoms. The van der Waals surface area contributed by atoms with Crippen molar-refractivity contribution >= 4 is 23.0 Å². The molecule has 1 saturated carbocycles. The van der Waals surface area contributed by atoms with Crippen LogP contribution in [-0.2, 0) is 0 Å². The normalized spacial score (nSPS) is 29.3. The van der Waals surface area contributed by atoms with Crippen molar-refractivity contribution in [2.24, 2.45) is 10.8 Å². The third kappa shape index (κ3) is 2.94. The predicted octanol–water partition coefficient (Wildman–Crippen LogP) is 4.29. The van der Waals surface area contributed by atoms with Gasteiger partial charge < -0.3 is 15.0 Å². The number of anilines is 1. The third-order valence-electron chi connectivity index (χ3n) is 5.02. The minimum absolute atomic E-state index is 0.388. The van der Waals surface area contributed by atoms with Crippen LogP contribution in [0.15, 0.2) is 24.3 Å². The van der Waals surface area contributed by atoms with Crippen molar-refractivity contribution in [3.05, 3.63) is 24.3 Å². The Hall–Kier alpha value is -1.29. The number of hydrogen-bond donors (Lipinski definition) is 1. The molecular formula is C18H26N2OS. The van der Waals surface area contributed by atoms with E-state index in [0.717, 1.165) is 23.1 Å². The molecule has 2 atom stereocenters. The highest BCUT2D eigenvalue weighted by molar-refractivity contribution is 7.80. The van der Waals surface area contributed by atoms with Crippen molar-refractivity contribution in [1.29, 1.82) is 0 Å². The van der Waals surface area contributed by atoms with Crippen LogP contribution in [0.25, 0.3) is 0 Å². The fourth-order valence-corrected chi connectivity index (χ4v) is 4.96. The summed E-state index contributed by atoms with van der Waals surface area (Å²) in [6.45, 7) is 8.24. The van der Waals surface area contributed by atoms with Crippen LogP contribution in [0.1, 0.15) is 40.0 Å². The van der Waals surface area contributed by atoms with E-state index in [2.05, 4.69) is 31.0 Å². The second-order valence-corrected chi connectivity index (χ2v) is 8.36. The highest BCUT2D eigenvalue weighted by Gasteiger charge is 2.50. The van der Waals surface area contributed by atoms with E-state index in [0.29, 0.717) is 16.9 Å². The number of likely N-dealkylation sites (tertiary alicyclic amines) is 1. The number of rotatable bonds is 2. The van der Waals surface area contributed by atoms with Gasteiger partial charge in [-0.2, -0.15) is 0 Å². The molecule has 1 aliphatic heterocycles. The fourth-order valence-electron chi connectivity index (χ4n) is 4.63. The maximum absolute atomic E-state index is 5.71. The number of benzene rings is 1. The summed E-state index contributed by atoms with van der Waals surface area (Å²) in [6, 6.07) is 8.50. The SMILES string of the molecule is COc1ccccc1NC(=S)N1CC2(C)CC1CC(C)(C)C2. The summed E-state index contributed by atoms with van der Waals surface area (Å²) >= 11 is 5.71. The number of methoxy groups -OCH3 is 1. The highest BCUT2D eigenvalue weighted by atomic mass is 32.1. The van der Waals surface area contributed by atoms with E-state index < -0.39 is 0 Å². The Morgan fingerprint density at radius 1 is 1.27 bits per heavy atom. The molecule has 1 heterocycles. The van der Waals surface area contributed by atoms with E-state index in [4.69, 9.17) is 17.0 Å². The third-order valence-corrected chi connectivity index (χ3v) is 5.36. The Balaban J connectivity index is 1.76. The summed E-state index contributed by atoms with van der Waals surface area (Å²) in [6.07, 6.45) is 3.75. The van der Waals surface area contributed by atoms with Crippen LogP contribution >= 0.6 is 12.2 Å². The van der Waals surface area contributed by atoms with Gasteiger partial charge >= 0.3 is 0 Å². The summed E-state index contributed by atoms with van der Waals surface area (Å²) in [7, 11) is 1.69. The van der Waals surface area contributed by atoms with Gasteiger partial charge in [-0.05, 0) is 54.4 Å². The van der Waals surface area contributed by atoms with Gasteiger partial charge in [0, 0.05) is 12.6 Å². The summed E-state index contributed by atoms with van der Waals surface area (Å²) in [4.78, 5) is 2.40. The molecular weight excluding hydrogens is 292 g/mol. The summed E-state index contributed by atoms with van der Waals surface area (Å²) in [5, 5.41) is 4.22. The van der Waals surface area contributed by atoms with Crippen LogP contribution in [0.5, 0.6) is 5.75 Å². The molecule has 1 saturated heterocycles. The predicted molar refractivity (Wildman–Crippen MR) is 95.4 cm³/mol. The second-order valence-electron chi connectivity index (χ2n) is 7.97. The lowest BCUT2D eigenvalue weighted by Gasteiger charge is -2.39. The van der Waals surface area contributed by atoms with Gasteiger partial charge in [0.25, 0.3) is 0 Å². The zero-order valence-corrected chi connectivity index (χ0v) is 14.8. The standard InChI is InChI=1S/C18H26N2OS/c1-17(2)9-13-10-18(3,11-17)12-20(13)16(22)19-14-7-5-6-8-15(14)21-4/h5-8,13H,9-12H2,1-4H3,(H,19,22). The zero-order chi connectivity index (χ0) is 16.0. The molecule has 1 aromatic rings. The molecule has 2 fully saturated rings. The average Bonchev–Trinajstić information content (AvgIpc) is 2.68. The molecule has 1 N–H and O–H groups in total. The minimum Gasteiger partial charge on any atom is -0.495 e. The second kappa shape index (κ2) is 5.41. The van der Waals surface area contributed by atoms with E-state index in [1.807, 2.05) is 24.3 Å². The highest BCUT2D eigenvalue weighted by Crippen LogP contribution is 2.52. The zero-order valence-electron chi connectivity index (χ0n) is 14.0. The summed E-state index contributed by atoms with van der Waals surface area (Å²) in [5.74, 6) is 0.832. The Morgan fingerprint density at radius 2 is 2.00 bits per heavy atom. The molecule has 0 spiro atoms. The smallest absolute Gasteiger partial charge is 0.173 e. The lowest BCUT2D eigenvalue weighted by atomic mass is 9.65. The van der Waals surface area contributed by atoms with Gasteiger partial charge in [-0.1, -0.05) is 32.9 Å². The molecule has 120 valence electrons. The van der Waals surface area contributed by atoms with E-state index in [1.165, 1.54) is 19.3 Å². The average molecular weight is 318 g/mol. The summed E-state index contributed by atoms with van der Waals surface area (Å²) in [5.41, 5.74) is 1.74. The van der Waals surface area contributed by atoms with Gasteiger partial charge in [-0.25, -0.2) is 0 Å². The van der Waals surface area contributed by atoms with Crippen molar-refractivity contribution in [2.75, 3.05) is 19.0 Å². The number of nitrogens with one attached hydrogen (secondary N) is 1. The molecule has 4 heteroatoms. The van der Waals surface area contributed by atoms with Crippen LogP contribution in [0, 0.1) is 10.8 Å². The Bertz CT molecular complexity index is 586. The van der Waals surface area contributed by atoms with Crippen LogP contribution < -0.4 is 10.1 Å². The first-order valence-corrected chi connectivity index (χ1v) is 8.43. The topological polar surface area (TPSA) is 24.5 Å². The monoisotopic (exact) mass is 318 g/mol. The maximum atomic E-state index is 5.71. The van der Waals surface area contributed by atoms with Gasteiger partial charge in [0.1, 0.15) is 5.75 Å². The van der Waals surface area contributed by atoms with Crippen LogP contribution in [0.2, 0.25) is 0 Å². The largest absolute Gasteiger partial charge is 0.495 e. The molecule has 3 rings (SSSR count). The molecule has 0 amide bonds. The van der Waals surface area contributed by atoms with Crippen LogP contribution in [-0.4, -0.2) is 29.7 Å². The number of fused-ring (bicyclic) bond motifs is 2. The minimum atomic E-state index is 0.388. The molecule has 1 aliphatic carbocycles. The quantitative estimate of drug-likeness (QED) is 0.822. The van der Waals surface area contributed by atoms with Crippen molar-refractivity contribution in [1.82, 2.24) is 4.90 Å². The Kier molecular flexibility index (Phi) is 3.84. The van der Waals surface area contributed by atoms with Crippen molar-refractivity contribution in [3.63, 3.8) is 0 Å². The number of para-hydroxylation sites is 2. The lowest BCUT2D eigenvalue weighted by molar-refractivity contribution is 0.132. The Morgan fingerprint density at radius 3 is 2.73 bits per heavy atom. The van der Waals surface area contributed by atoms with E-state index >= 15 is 0 Å². The number of nitrogens with zero attached hydrogens (tertiary/aromatic N) is 1. The van der Waals surface area contributed by atoms with E-state index in [1.54, 1.807) is 7.11 Å². The number of thiocarbonyl (C=S) groups is 1. The van der Waals surface area contributed by atoms with Gasteiger partial charge in [-0.3, -0.25) is 0 Å². The first-order chi connectivity index (χ1) is 10.3. The first-order valence-electron chi connectivity index (χ1n) is 8.03. The summed E-state index contributed by atoms with van der Waals surface area (Å²) < 4.78 is 5.41. The van der Waals surface area contributed by atoms with Crippen LogP contribution in [0.4, 0.5) is 5.69 Å². The Labute approximate surface area is 139 Å². The van der Waals surface area contributed by atoms with Crippen LogP contribution in [0.3, 0.4) is 0 Å². The lowest BCUT2D eigenvalue weighted by Crippen LogP contribution is -2.40. The fraction of sp³-hybridized carbons (Fsp3) is 0.611. The van der Waals surface area contributed by atoms with E-state index in [9.17, 15) is 0 Å². The molecule has 2 unspecified atom stereocenters. The molecule has 22 heavy (non-hydrogen) atoms. The number of ether oxygens (including phenoxy) is 1. The maximum Gasteiger partial charge on any atom is 0.173 e. The number of hydrogen-bond acceptors (Lipinski definition) is 2. The van der Waals surface area contributed by atoms with E-state index in [-0.39, 0.29) is 0 Å². The van der Waals surface area contributed by atoms with Crippen molar-refractivity contribution in [2.45, 2.75) is 46.1 Å². The molecule has 0 radical (unpaired) electrons. The molecule has 3 nitrogen and oxygen atoms in total. The molecule has 2 aliphatic rings. The van der Waals surface area contributed by atoms with Gasteiger partial charge in [0.15, 0.2) is 5.11 Å². The first kappa shape index (κ1) is 15.6. The molecule has 1 aromatic carbocycles.